The number of carbonyl (C=O) groups excluding carboxylic acids is 1. The number of amides is 1. The first-order valence-corrected chi connectivity index (χ1v) is 9.36. The molecule has 0 spiro atoms. The van der Waals surface area contributed by atoms with E-state index in [1.54, 1.807) is 11.3 Å². The van der Waals surface area contributed by atoms with Gasteiger partial charge in [0.1, 0.15) is 5.60 Å². The van der Waals surface area contributed by atoms with E-state index in [9.17, 15) is 4.79 Å². The van der Waals surface area contributed by atoms with Crippen molar-refractivity contribution in [2.45, 2.75) is 58.7 Å². The predicted octanol–water partition coefficient (Wildman–Crippen LogP) is 4.86. The van der Waals surface area contributed by atoms with Crippen LogP contribution in [-0.4, -0.2) is 36.3 Å². The number of thiophene rings is 1. The lowest BCUT2D eigenvalue weighted by Gasteiger charge is -2.34. The minimum absolute atomic E-state index is 0.153. The Balaban J connectivity index is 1.72. The Hall–Kier alpha value is -1.07. The van der Waals surface area contributed by atoms with Gasteiger partial charge in [0.2, 0.25) is 0 Å². The lowest BCUT2D eigenvalue weighted by molar-refractivity contribution is 0.0109. The molecule has 1 aromatic rings. The summed E-state index contributed by atoms with van der Waals surface area (Å²) >= 11 is 1.73. The lowest BCUT2D eigenvalue weighted by Crippen LogP contribution is -2.43. The molecule has 0 radical (unpaired) electrons. The summed E-state index contributed by atoms with van der Waals surface area (Å²) in [6.07, 6.45) is 3.17. The smallest absolute Gasteiger partial charge is 0.410 e. The van der Waals surface area contributed by atoms with Crippen LogP contribution in [0.2, 0.25) is 0 Å². The molecule has 4 nitrogen and oxygen atoms in total. The molecule has 2 atom stereocenters. The molecule has 1 aliphatic heterocycles. The summed E-state index contributed by atoms with van der Waals surface area (Å²) in [7, 11) is 0. The van der Waals surface area contributed by atoms with Gasteiger partial charge in [-0.1, -0.05) is 6.07 Å². The van der Waals surface area contributed by atoms with Gasteiger partial charge in [-0.2, -0.15) is 0 Å². The van der Waals surface area contributed by atoms with E-state index in [4.69, 9.17) is 9.47 Å². The van der Waals surface area contributed by atoms with Gasteiger partial charge < -0.3 is 14.4 Å². The number of carbonyl (C=O) groups is 1. The van der Waals surface area contributed by atoms with Crippen LogP contribution in [0, 0.1) is 5.92 Å². The van der Waals surface area contributed by atoms with E-state index in [-0.39, 0.29) is 12.2 Å². The molecule has 1 saturated heterocycles. The molecule has 2 heterocycles. The molecule has 0 bridgehead atoms. The van der Waals surface area contributed by atoms with Crippen molar-refractivity contribution in [3.63, 3.8) is 0 Å². The summed E-state index contributed by atoms with van der Waals surface area (Å²) in [4.78, 5) is 15.3. The third kappa shape index (κ3) is 6.15. The Kier molecular flexibility index (Phi) is 6.48. The Morgan fingerprint density at radius 1 is 1.48 bits per heavy atom. The number of likely N-dealkylation sites (tertiary alicyclic amines) is 1. The second-order valence-corrected chi connectivity index (χ2v) is 8.23. The summed E-state index contributed by atoms with van der Waals surface area (Å²) in [6, 6.07) is 4.17. The van der Waals surface area contributed by atoms with E-state index in [1.165, 1.54) is 4.88 Å². The van der Waals surface area contributed by atoms with Crippen LogP contribution < -0.4 is 0 Å². The second kappa shape index (κ2) is 8.15. The van der Waals surface area contributed by atoms with Gasteiger partial charge in [-0.25, -0.2) is 4.79 Å². The van der Waals surface area contributed by atoms with E-state index in [0.717, 1.165) is 39.0 Å². The van der Waals surface area contributed by atoms with Gasteiger partial charge in [0.05, 0.1) is 6.10 Å². The highest BCUT2D eigenvalue weighted by Gasteiger charge is 2.27. The highest BCUT2D eigenvalue weighted by atomic mass is 32.1. The maximum absolute atomic E-state index is 12.2. The predicted molar refractivity (Wildman–Crippen MR) is 93.8 cm³/mol. The first-order valence-electron chi connectivity index (χ1n) is 8.48. The third-order valence-electron chi connectivity index (χ3n) is 4.01. The molecule has 0 aromatic carbocycles. The number of piperidine rings is 1. The number of ether oxygens (including phenoxy) is 2. The van der Waals surface area contributed by atoms with Crippen LogP contribution in [0.15, 0.2) is 17.5 Å². The minimum atomic E-state index is -0.427. The van der Waals surface area contributed by atoms with E-state index < -0.39 is 5.60 Å². The first kappa shape index (κ1) is 18.3. The maximum atomic E-state index is 12.2. The van der Waals surface area contributed by atoms with Crippen LogP contribution in [-0.2, 0) is 9.47 Å². The fourth-order valence-electron chi connectivity index (χ4n) is 2.81. The second-order valence-electron chi connectivity index (χ2n) is 7.25. The fraction of sp³-hybridized carbons (Fsp3) is 0.722. The van der Waals surface area contributed by atoms with Crippen molar-refractivity contribution in [1.82, 2.24) is 4.90 Å². The number of hydrogen-bond acceptors (Lipinski definition) is 4. The Bertz CT molecular complexity index is 481. The molecule has 0 saturated carbocycles. The standard InChI is InChI=1S/C18H29NO3S/c1-14(16-8-6-12-23-16)21-11-9-15-7-5-10-19(13-15)17(20)22-18(2,3)4/h6,8,12,14-15H,5,7,9-11,13H2,1-4H3/t14-,15+/m0/s1. The molecule has 0 N–H and O–H groups in total. The summed E-state index contributed by atoms with van der Waals surface area (Å²) in [5.74, 6) is 0.506. The van der Waals surface area contributed by atoms with Crippen LogP contribution >= 0.6 is 11.3 Å². The summed E-state index contributed by atoms with van der Waals surface area (Å²) < 4.78 is 11.4. The number of nitrogens with zero attached hydrogens (tertiary/aromatic N) is 1. The first-order chi connectivity index (χ1) is 10.8. The van der Waals surface area contributed by atoms with Crippen molar-refractivity contribution in [2.75, 3.05) is 19.7 Å². The van der Waals surface area contributed by atoms with Gasteiger partial charge in [-0.05, 0) is 64.3 Å². The molecule has 1 amide bonds. The molecule has 1 aromatic heterocycles. The highest BCUT2D eigenvalue weighted by Crippen LogP contribution is 2.25. The summed E-state index contributed by atoms with van der Waals surface area (Å²) in [5.41, 5.74) is -0.427. The fourth-order valence-corrected chi connectivity index (χ4v) is 3.54. The van der Waals surface area contributed by atoms with E-state index in [0.29, 0.717) is 5.92 Å². The molecule has 5 heteroatoms. The van der Waals surface area contributed by atoms with Crippen LogP contribution in [0.25, 0.3) is 0 Å². The quantitative estimate of drug-likeness (QED) is 0.769. The van der Waals surface area contributed by atoms with Crippen molar-refractivity contribution in [3.8, 4) is 0 Å². The summed E-state index contributed by atoms with van der Waals surface area (Å²) in [5, 5.41) is 2.08. The van der Waals surface area contributed by atoms with Crippen molar-refractivity contribution < 1.29 is 14.3 Å². The maximum Gasteiger partial charge on any atom is 0.410 e. The van der Waals surface area contributed by atoms with Crippen LogP contribution in [0.5, 0.6) is 0 Å². The van der Waals surface area contributed by atoms with Crippen LogP contribution in [0.4, 0.5) is 4.79 Å². The Morgan fingerprint density at radius 2 is 2.26 bits per heavy atom. The lowest BCUT2D eigenvalue weighted by atomic mass is 9.95. The third-order valence-corrected chi connectivity index (χ3v) is 5.04. The van der Waals surface area contributed by atoms with Gasteiger partial charge in [-0.15, -0.1) is 11.3 Å². The zero-order chi connectivity index (χ0) is 16.9. The molecule has 130 valence electrons. The zero-order valence-electron chi connectivity index (χ0n) is 14.7. The topological polar surface area (TPSA) is 38.8 Å². The molecule has 0 unspecified atom stereocenters. The molecule has 2 rings (SSSR count). The molecule has 1 aliphatic rings. The minimum Gasteiger partial charge on any atom is -0.444 e. The molecule has 1 fully saturated rings. The molecule has 0 aliphatic carbocycles. The van der Waals surface area contributed by atoms with Crippen molar-refractivity contribution >= 4 is 17.4 Å². The zero-order valence-corrected chi connectivity index (χ0v) is 15.5. The van der Waals surface area contributed by atoms with Crippen molar-refractivity contribution in [2.24, 2.45) is 5.92 Å². The van der Waals surface area contributed by atoms with Crippen LogP contribution in [0.1, 0.15) is 57.9 Å². The van der Waals surface area contributed by atoms with Crippen molar-refractivity contribution in [1.29, 1.82) is 0 Å². The summed E-state index contributed by atoms with van der Waals surface area (Å²) in [6.45, 7) is 10.2. The molecular weight excluding hydrogens is 310 g/mol. The Morgan fingerprint density at radius 3 is 2.91 bits per heavy atom. The van der Waals surface area contributed by atoms with Gasteiger partial charge in [-0.3, -0.25) is 0 Å². The normalized spacial score (nSPS) is 20.3. The molecular formula is C18H29NO3S. The van der Waals surface area contributed by atoms with E-state index >= 15 is 0 Å². The van der Waals surface area contributed by atoms with Gasteiger partial charge >= 0.3 is 6.09 Å². The number of rotatable bonds is 5. The van der Waals surface area contributed by atoms with Gasteiger partial charge in [0.25, 0.3) is 0 Å². The number of hydrogen-bond donors (Lipinski definition) is 0. The average Bonchev–Trinajstić information content (AvgIpc) is 3.00. The van der Waals surface area contributed by atoms with Gasteiger partial charge in [0.15, 0.2) is 0 Å². The highest BCUT2D eigenvalue weighted by molar-refractivity contribution is 7.10. The molecule has 23 heavy (non-hydrogen) atoms. The SMILES string of the molecule is C[C@H](OCC[C@H]1CCCN(C(=O)OC(C)(C)C)C1)c1cccs1. The van der Waals surface area contributed by atoms with Crippen molar-refractivity contribution in [3.05, 3.63) is 22.4 Å². The van der Waals surface area contributed by atoms with Gasteiger partial charge in [0, 0.05) is 24.6 Å². The largest absolute Gasteiger partial charge is 0.444 e. The average molecular weight is 340 g/mol. The monoisotopic (exact) mass is 339 g/mol. The van der Waals surface area contributed by atoms with E-state index in [2.05, 4.69) is 24.4 Å². The van der Waals surface area contributed by atoms with E-state index in [1.807, 2.05) is 25.7 Å². The van der Waals surface area contributed by atoms with Crippen LogP contribution in [0.3, 0.4) is 0 Å². The Labute approximate surface area is 143 Å².